The van der Waals surface area contributed by atoms with Gasteiger partial charge in [0.2, 0.25) is 10.0 Å². The average molecular weight is 410 g/mol. The monoisotopic (exact) mass is 409 g/mol. The molecule has 1 aliphatic rings. The van der Waals surface area contributed by atoms with Gasteiger partial charge in [0.05, 0.1) is 22.8 Å². The van der Waals surface area contributed by atoms with Crippen LogP contribution in [0, 0.1) is 0 Å². The van der Waals surface area contributed by atoms with Crippen molar-refractivity contribution in [2.24, 2.45) is 0 Å². The van der Waals surface area contributed by atoms with Crippen molar-refractivity contribution in [1.82, 2.24) is 4.31 Å². The van der Waals surface area contributed by atoms with Crippen LogP contribution in [0.1, 0.15) is 24.2 Å². The number of morpholine rings is 1. The molecule has 1 fully saturated rings. The lowest BCUT2D eigenvalue weighted by molar-refractivity contribution is -0.0440. The van der Waals surface area contributed by atoms with Gasteiger partial charge in [-0.05, 0) is 44.2 Å². The standard InChI is InChI=1S/C19H20ClNO5S/c1-13-11-21(12-14(2)25-13)27(23,24)18-10-15(8-9-17(18)20)19(22)26-16-6-4-3-5-7-16/h3-10,13-14H,11-12H2,1-2H3/t13-,14-/m1/s1. The minimum atomic E-state index is -3.87. The van der Waals surface area contributed by atoms with Crippen molar-refractivity contribution in [2.75, 3.05) is 13.1 Å². The van der Waals surface area contributed by atoms with Gasteiger partial charge in [0.25, 0.3) is 0 Å². The lowest BCUT2D eigenvalue weighted by Gasteiger charge is -2.34. The van der Waals surface area contributed by atoms with Crippen molar-refractivity contribution in [2.45, 2.75) is 31.0 Å². The molecule has 0 bridgehead atoms. The molecule has 2 aromatic carbocycles. The molecule has 0 aromatic heterocycles. The van der Waals surface area contributed by atoms with E-state index in [1.165, 1.54) is 22.5 Å². The number of carbonyl (C=O) groups excluding carboxylic acids is 1. The van der Waals surface area contributed by atoms with Crippen LogP contribution < -0.4 is 4.74 Å². The summed E-state index contributed by atoms with van der Waals surface area (Å²) in [5, 5.41) is 0.0538. The van der Waals surface area contributed by atoms with Gasteiger partial charge in [-0.25, -0.2) is 13.2 Å². The van der Waals surface area contributed by atoms with Crippen LogP contribution in [-0.2, 0) is 14.8 Å². The molecule has 0 spiro atoms. The maximum absolute atomic E-state index is 13.1. The molecule has 8 heteroatoms. The summed E-state index contributed by atoms with van der Waals surface area (Å²) in [6.07, 6.45) is -0.456. The Morgan fingerprint density at radius 1 is 1.11 bits per heavy atom. The summed E-state index contributed by atoms with van der Waals surface area (Å²) in [4.78, 5) is 12.3. The van der Waals surface area contributed by atoms with E-state index in [1.54, 1.807) is 30.3 Å². The van der Waals surface area contributed by atoms with Gasteiger partial charge >= 0.3 is 5.97 Å². The molecular formula is C19H20ClNO5S. The Bertz CT molecular complexity index is 922. The molecule has 0 radical (unpaired) electrons. The molecule has 0 amide bonds. The summed E-state index contributed by atoms with van der Waals surface area (Å²) in [7, 11) is -3.87. The molecule has 3 rings (SSSR count). The number of benzene rings is 2. The highest BCUT2D eigenvalue weighted by Crippen LogP contribution is 2.28. The van der Waals surface area contributed by atoms with Crippen molar-refractivity contribution < 1.29 is 22.7 Å². The van der Waals surface area contributed by atoms with Crippen molar-refractivity contribution in [3.05, 3.63) is 59.1 Å². The molecule has 2 atom stereocenters. The fourth-order valence-electron chi connectivity index (χ4n) is 2.95. The van der Waals surface area contributed by atoms with Crippen LogP contribution in [0.15, 0.2) is 53.4 Å². The Morgan fingerprint density at radius 2 is 1.74 bits per heavy atom. The average Bonchev–Trinajstić information content (AvgIpc) is 2.62. The summed E-state index contributed by atoms with van der Waals surface area (Å²) in [6.45, 7) is 4.07. The molecule has 0 unspecified atom stereocenters. The Balaban J connectivity index is 1.89. The number of esters is 1. The zero-order valence-electron chi connectivity index (χ0n) is 15.0. The third-order valence-corrected chi connectivity index (χ3v) is 6.44. The van der Waals surface area contributed by atoms with E-state index < -0.39 is 16.0 Å². The Morgan fingerprint density at radius 3 is 2.37 bits per heavy atom. The van der Waals surface area contributed by atoms with Crippen LogP contribution in [0.5, 0.6) is 5.75 Å². The van der Waals surface area contributed by atoms with Gasteiger partial charge in [0.1, 0.15) is 10.6 Å². The highest BCUT2D eigenvalue weighted by atomic mass is 35.5. The second-order valence-corrected chi connectivity index (χ2v) is 8.74. The molecule has 0 aliphatic carbocycles. The first kappa shape index (κ1) is 19.8. The predicted octanol–water partition coefficient (Wildman–Crippen LogP) is 3.36. The molecule has 6 nitrogen and oxygen atoms in total. The summed E-state index contributed by atoms with van der Waals surface area (Å²) in [5.74, 6) is -0.282. The Kier molecular flexibility index (Phi) is 5.86. The molecule has 0 N–H and O–H groups in total. The summed E-state index contributed by atoms with van der Waals surface area (Å²) in [5.41, 5.74) is 0.108. The largest absolute Gasteiger partial charge is 0.423 e. The van der Waals surface area contributed by atoms with Crippen LogP contribution in [0.4, 0.5) is 0 Å². The molecule has 1 heterocycles. The van der Waals surface area contributed by atoms with Gasteiger partial charge in [0.15, 0.2) is 0 Å². The molecule has 1 saturated heterocycles. The van der Waals surface area contributed by atoms with Crippen molar-refractivity contribution in [3.8, 4) is 5.75 Å². The van der Waals surface area contributed by atoms with Crippen LogP contribution >= 0.6 is 11.6 Å². The minimum Gasteiger partial charge on any atom is -0.423 e. The van der Waals surface area contributed by atoms with E-state index in [1.807, 2.05) is 13.8 Å². The van der Waals surface area contributed by atoms with E-state index >= 15 is 0 Å². The van der Waals surface area contributed by atoms with Gasteiger partial charge in [-0.3, -0.25) is 0 Å². The van der Waals surface area contributed by atoms with E-state index in [9.17, 15) is 13.2 Å². The highest BCUT2D eigenvalue weighted by Gasteiger charge is 2.34. The first-order valence-corrected chi connectivity index (χ1v) is 10.3. The summed E-state index contributed by atoms with van der Waals surface area (Å²) in [6, 6.07) is 12.6. The lowest BCUT2D eigenvalue weighted by atomic mass is 10.2. The number of halogens is 1. The SMILES string of the molecule is C[C@@H]1CN(S(=O)(=O)c2cc(C(=O)Oc3ccccc3)ccc2Cl)C[C@@H](C)O1. The number of ether oxygens (including phenoxy) is 2. The number of carbonyl (C=O) groups is 1. The van der Waals surface area contributed by atoms with E-state index in [-0.39, 0.29) is 40.8 Å². The van der Waals surface area contributed by atoms with Crippen LogP contribution in [0.25, 0.3) is 0 Å². The molecule has 144 valence electrons. The van der Waals surface area contributed by atoms with E-state index in [2.05, 4.69) is 0 Å². The fraction of sp³-hybridized carbons (Fsp3) is 0.316. The zero-order chi connectivity index (χ0) is 19.6. The predicted molar refractivity (Wildman–Crippen MR) is 102 cm³/mol. The maximum Gasteiger partial charge on any atom is 0.343 e. The zero-order valence-corrected chi connectivity index (χ0v) is 16.5. The number of hydrogen-bond donors (Lipinski definition) is 0. The molecule has 1 aliphatic heterocycles. The molecular weight excluding hydrogens is 390 g/mol. The topological polar surface area (TPSA) is 72.9 Å². The first-order valence-electron chi connectivity index (χ1n) is 8.50. The number of hydrogen-bond acceptors (Lipinski definition) is 5. The molecule has 27 heavy (non-hydrogen) atoms. The number of nitrogens with zero attached hydrogens (tertiary/aromatic N) is 1. The summed E-state index contributed by atoms with van der Waals surface area (Å²) >= 11 is 6.15. The van der Waals surface area contributed by atoms with E-state index in [0.717, 1.165) is 0 Å². The maximum atomic E-state index is 13.1. The number of sulfonamides is 1. The number of para-hydroxylation sites is 1. The lowest BCUT2D eigenvalue weighted by Crippen LogP contribution is -2.48. The number of rotatable bonds is 4. The second-order valence-electron chi connectivity index (χ2n) is 6.43. The summed E-state index contributed by atoms with van der Waals surface area (Å²) < 4.78 is 38.3. The normalized spacial score (nSPS) is 21.0. The van der Waals surface area contributed by atoms with E-state index in [0.29, 0.717) is 5.75 Å². The van der Waals surface area contributed by atoms with Crippen LogP contribution in [-0.4, -0.2) is 44.0 Å². The quantitative estimate of drug-likeness (QED) is 0.572. The van der Waals surface area contributed by atoms with Crippen molar-refractivity contribution in [1.29, 1.82) is 0 Å². The molecule has 0 saturated carbocycles. The Labute approximate surface area is 163 Å². The van der Waals surface area contributed by atoms with Gasteiger partial charge in [0, 0.05) is 13.1 Å². The van der Waals surface area contributed by atoms with Gasteiger partial charge < -0.3 is 9.47 Å². The molecule has 2 aromatic rings. The first-order chi connectivity index (χ1) is 12.8. The Hall–Kier alpha value is -1.93. The second kappa shape index (κ2) is 7.98. The van der Waals surface area contributed by atoms with Crippen molar-refractivity contribution in [3.63, 3.8) is 0 Å². The van der Waals surface area contributed by atoms with Gasteiger partial charge in [-0.15, -0.1) is 0 Å². The highest BCUT2D eigenvalue weighted by molar-refractivity contribution is 7.89. The van der Waals surface area contributed by atoms with Gasteiger partial charge in [-0.1, -0.05) is 29.8 Å². The fourth-order valence-corrected chi connectivity index (χ4v) is 5.04. The van der Waals surface area contributed by atoms with Crippen LogP contribution in [0.2, 0.25) is 5.02 Å². The van der Waals surface area contributed by atoms with Crippen LogP contribution in [0.3, 0.4) is 0 Å². The third kappa shape index (κ3) is 4.50. The van der Waals surface area contributed by atoms with E-state index in [4.69, 9.17) is 21.1 Å². The van der Waals surface area contributed by atoms with Crippen molar-refractivity contribution >= 4 is 27.6 Å². The minimum absolute atomic E-state index is 0.0538. The van der Waals surface area contributed by atoms with Gasteiger partial charge in [-0.2, -0.15) is 4.31 Å². The third-order valence-electron chi connectivity index (χ3n) is 4.12. The smallest absolute Gasteiger partial charge is 0.343 e.